The van der Waals surface area contributed by atoms with Gasteiger partial charge in [0, 0.05) is 25.4 Å². The van der Waals surface area contributed by atoms with Crippen LogP contribution >= 0.6 is 0 Å². The summed E-state index contributed by atoms with van der Waals surface area (Å²) < 4.78 is 5.56. The largest absolute Gasteiger partial charge is 0.481 e. The van der Waals surface area contributed by atoms with E-state index in [9.17, 15) is 9.59 Å². The number of carboxylic acids is 1. The molecule has 6 heteroatoms. The normalized spacial score (nSPS) is 23.6. The van der Waals surface area contributed by atoms with Crippen LogP contribution in [0.4, 0.5) is 5.69 Å². The summed E-state index contributed by atoms with van der Waals surface area (Å²) in [4.78, 5) is 28.0. The fraction of sp³-hybridized carbons (Fsp3) is 0.619. The number of nitrogens with zero attached hydrogens (tertiary/aromatic N) is 2. The topological polar surface area (TPSA) is 70.1 Å². The number of benzene rings is 1. The van der Waals surface area contributed by atoms with Crippen LogP contribution in [0.5, 0.6) is 0 Å². The first-order valence-electron chi connectivity index (χ1n) is 10.1. The maximum Gasteiger partial charge on any atom is 0.306 e. The zero-order valence-electron chi connectivity index (χ0n) is 15.7. The molecule has 1 unspecified atom stereocenters. The number of ether oxygens (including phenoxy) is 1. The fourth-order valence-electron chi connectivity index (χ4n) is 4.48. The summed E-state index contributed by atoms with van der Waals surface area (Å²) in [6.45, 7) is 4.14. The highest BCUT2D eigenvalue weighted by Crippen LogP contribution is 2.31. The molecule has 146 valence electrons. The molecule has 1 amide bonds. The lowest BCUT2D eigenvalue weighted by molar-refractivity contribution is -0.143. The number of rotatable bonds is 5. The van der Waals surface area contributed by atoms with Gasteiger partial charge in [0.2, 0.25) is 0 Å². The number of anilines is 1. The third-order valence-corrected chi connectivity index (χ3v) is 6.16. The maximum absolute atomic E-state index is 12.7. The highest BCUT2D eigenvalue weighted by atomic mass is 16.5. The number of carbonyl (C=O) groups is 2. The van der Waals surface area contributed by atoms with Crippen molar-refractivity contribution in [2.75, 3.05) is 37.7 Å². The van der Waals surface area contributed by atoms with Crippen molar-refractivity contribution in [1.82, 2.24) is 4.90 Å². The van der Waals surface area contributed by atoms with Crippen molar-refractivity contribution in [1.29, 1.82) is 0 Å². The van der Waals surface area contributed by atoms with Gasteiger partial charge in [0.25, 0.3) is 5.91 Å². The Morgan fingerprint density at radius 1 is 1.15 bits per heavy atom. The van der Waals surface area contributed by atoms with Gasteiger partial charge in [0.1, 0.15) is 6.10 Å². The second-order valence-corrected chi connectivity index (χ2v) is 7.91. The molecule has 3 aliphatic rings. The first-order chi connectivity index (χ1) is 13.1. The van der Waals surface area contributed by atoms with E-state index in [0.29, 0.717) is 6.61 Å². The highest BCUT2D eigenvalue weighted by molar-refractivity contribution is 5.98. The van der Waals surface area contributed by atoms with Crippen molar-refractivity contribution in [2.24, 2.45) is 5.92 Å². The monoisotopic (exact) mass is 372 g/mol. The van der Waals surface area contributed by atoms with Gasteiger partial charge in [-0.25, -0.2) is 0 Å². The van der Waals surface area contributed by atoms with Gasteiger partial charge >= 0.3 is 5.97 Å². The van der Waals surface area contributed by atoms with Crippen LogP contribution in [0.2, 0.25) is 0 Å². The zero-order valence-corrected chi connectivity index (χ0v) is 15.7. The molecule has 6 nitrogen and oxygen atoms in total. The molecule has 1 N–H and O–H groups in total. The van der Waals surface area contributed by atoms with E-state index in [-0.39, 0.29) is 17.9 Å². The Morgan fingerprint density at radius 3 is 2.67 bits per heavy atom. The second kappa shape index (κ2) is 7.98. The number of likely N-dealkylation sites (tertiary alicyclic amines) is 1. The summed E-state index contributed by atoms with van der Waals surface area (Å²) in [5, 5.41) is 9.10. The molecule has 0 radical (unpaired) electrons. The minimum absolute atomic E-state index is 0.111. The highest BCUT2D eigenvalue weighted by Gasteiger charge is 2.32. The summed E-state index contributed by atoms with van der Waals surface area (Å²) in [7, 11) is 0. The predicted molar refractivity (Wildman–Crippen MR) is 102 cm³/mol. The van der Waals surface area contributed by atoms with Crippen molar-refractivity contribution in [3.63, 3.8) is 0 Å². The smallest absolute Gasteiger partial charge is 0.306 e. The number of carbonyl (C=O) groups excluding carboxylic acids is 1. The zero-order chi connectivity index (χ0) is 18.8. The summed E-state index contributed by atoms with van der Waals surface area (Å²) in [6.07, 6.45) is 4.92. The molecule has 0 bridgehead atoms. The van der Waals surface area contributed by atoms with E-state index in [4.69, 9.17) is 9.84 Å². The van der Waals surface area contributed by atoms with Crippen molar-refractivity contribution in [3.05, 3.63) is 29.3 Å². The molecule has 3 aliphatic heterocycles. The lowest BCUT2D eigenvalue weighted by Crippen LogP contribution is -2.37. The van der Waals surface area contributed by atoms with Gasteiger partial charge in [0.15, 0.2) is 0 Å². The fourth-order valence-corrected chi connectivity index (χ4v) is 4.48. The van der Waals surface area contributed by atoms with Gasteiger partial charge in [-0.3, -0.25) is 9.59 Å². The Labute approximate surface area is 160 Å². The lowest BCUT2D eigenvalue weighted by Gasteiger charge is -2.30. The van der Waals surface area contributed by atoms with Gasteiger partial charge in [0.05, 0.1) is 5.92 Å². The molecular formula is C21H28N2O4. The molecule has 0 aliphatic carbocycles. The number of hydrogen-bond donors (Lipinski definition) is 1. The van der Waals surface area contributed by atoms with E-state index < -0.39 is 5.97 Å². The third-order valence-electron chi connectivity index (χ3n) is 6.16. The molecule has 2 fully saturated rings. The first kappa shape index (κ1) is 18.4. The predicted octanol–water partition coefficient (Wildman–Crippen LogP) is 2.09. The van der Waals surface area contributed by atoms with Crippen LogP contribution in [-0.2, 0) is 27.2 Å². The summed E-state index contributed by atoms with van der Waals surface area (Å²) in [5.41, 5.74) is 3.59. The minimum atomic E-state index is -0.657. The van der Waals surface area contributed by atoms with E-state index in [0.717, 1.165) is 70.4 Å². The molecule has 3 heterocycles. The van der Waals surface area contributed by atoms with Gasteiger partial charge in [-0.1, -0.05) is 12.1 Å². The van der Waals surface area contributed by atoms with Crippen molar-refractivity contribution in [2.45, 2.75) is 44.6 Å². The summed E-state index contributed by atoms with van der Waals surface area (Å²) in [6, 6.07) is 6.45. The molecule has 0 spiro atoms. The Kier molecular flexibility index (Phi) is 5.45. The number of amides is 1. The average molecular weight is 372 g/mol. The van der Waals surface area contributed by atoms with E-state index in [2.05, 4.69) is 23.1 Å². The van der Waals surface area contributed by atoms with Gasteiger partial charge < -0.3 is 19.6 Å². The molecule has 1 aromatic rings. The Hall–Kier alpha value is -1.92. The van der Waals surface area contributed by atoms with Crippen LogP contribution in [0.1, 0.15) is 36.8 Å². The second-order valence-electron chi connectivity index (χ2n) is 7.91. The van der Waals surface area contributed by atoms with Gasteiger partial charge in [-0.2, -0.15) is 0 Å². The van der Waals surface area contributed by atoms with Crippen molar-refractivity contribution >= 4 is 17.6 Å². The van der Waals surface area contributed by atoms with Crippen molar-refractivity contribution in [3.8, 4) is 0 Å². The van der Waals surface area contributed by atoms with Gasteiger partial charge in [-0.15, -0.1) is 0 Å². The van der Waals surface area contributed by atoms with Gasteiger partial charge in [-0.05, 0) is 68.8 Å². The van der Waals surface area contributed by atoms with E-state index >= 15 is 0 Å². The molecular weight excluding hydrogens is 344 g/mol. The number of aliphatic carboxylic acids is 1. The number of fused-ring (bicyclic) bond motifs is 1. The lowest BCUT2D eigenvalue weighted by atomic mass is 9.96. The Balaban J connectivity index is 1.33. The number of carboxylic acid groups (broad SMARTS) is 1. The third kappa shape index (κ3) is 4.01. The molecule has 0 aromatic heterocycles. The van der Waals surface area contributed by atoms with E-state index in [1.807, 2.05) is 4.90 Å². The summed E-state index contributed by atoms with van der Waals surface area (Å²) >= 11 is 0. The van der Waals surface area contributed by atoms with Crippen LogP contribution in [0, 0.1) is 5.92 Å². The standard InChI is InChI=1S/C21H28N2O4/c24-20(19-2-1-13-27-19)23-12-8-17-14-15(3-4-18(17)23)5-9-22-10-6-16(7-11-22)21(25)26/h3-4,14,16,19H,1-2,5-13H2,(H,25,26). The maximum atomic E-state index is 12.7. The Bertz CT molecular complexity index is 706. The average Bonchev–Trinajstić information content (AvgIpc) is 3.36. The van der Waals surface area contributed by atoms with Crippen LogP contribution in [0.3, 0.4) is 0 Å². The molecule has 1 atom stereocenters. The molecule has 4 rings (SSSR count). The van der Waals surface area contributed by atoms with Crippen molar-refractivity contribution < 1.29 is 19.4 Å². The quantitative estimate of drug-likeness (QED) is 0.857. The van der Waals surface area contributed by atoms with Crippen LogP contribution in [0.15, 0.2) is 18.2 Å². The SMILES string of the molecule is O=C(O)C1CCN(CCc2ccc3c(c2)CCN3C(=O)C2CCCO2)CC1. The molecule has 27 heavy (non-hydrogen) atoms. The first-order valence-corrected chi connectivity index (χ1v) is 10.1. The Morgan fingerprint density at radius 2 is 1.96 bits per heavy atom. The number of hydrogen-bond acceptors (Lipinski definition) is 4. The molecule has 0 saturated carbocycles. The molecule has 2 saturated heterocycles. The van der Waals surface area contributed by atoms with E-state index in [1.165, 1.54) is 11.1 Å². The minimum Gasteiger partial charge on any atom is -0.481 e. The van der Waals surface area contributed by atoms with Crippen LogP contribution in [0.25, 0.3) is 0 Å². The van der Waals surface area contributed by atoms with Crippen LogP contribution in [-0.4, -0.2) is 60.8 Å². The number of piperidine rings is 1. The molecule has 1 aromatic carbocycles. The summed E-state index contributed by atoms with van der Waals surface area (Å²) in [5.74, 6) is -0.718. The van der Waals surface area contributed by atoms with E-state index in [1.54, 1.807) is 0 Å². The van der Waals surface area contributed by atoms with Crippen LogP contribution < -0.4 is 4.90 Å².